The van der Waals surface area contributed by atoms with Crippen LogP contribution in [0.2, 0.25) is 0 Å². The van der Waals surface area contributed by atoms with Crippen molar-refractivity contribution in [1.29, 1.82) is 0 Å². The molecule has 9 nitrogen and oxygen atoms in total. The summed E-state index contributed by atoms with van der Waals surface area (Å²) in [5, 5.41) is 18.7. The van der Waals surface area contributed by atoms with Gasteiger partial charge in [-0.25, -0.2) is 4.98 Å². The molecule has 0 radical (unpaired) electrons. The second kappa shape index (κ2) is 7.52. The maximum Gasteiger partial charge on any atom is 0.273 e. The number of nitrogens with zero attached hydrogens (tertiary/aromatic N) is 5. The molecule has 0 aliphatic carbocycles. The Balaban J connectivity index is 1.40. The number of hydrogen-bond acceptors (Lipinski definition) is 5. The SMILES string of the molecule is CC(C)n1cnnc1-c1cccc(NC(=O)c2cc3cc(-c4cn[nH]c4)ccc3[nH]2)n1. The van der Waals surface area contributed by atoms with Crippen LogP contribution in [0.15, 0.2) is 61.2 Å². The number of benzene rings is 1. The quantitative estimate of drug-likeness (QED) is 0.403. The highest BCUT2D eigenvalue weighted by molar-refractivity contribution is 6.05. The molecule has 154 valence electrons. The van der Waals surface area contributed by atoms with Gasteiger partial charge in [0.1, 0.15) is 23.5 Å². The summed E-state index contributed by atoms with van der Waals surface area (Å²) in [5.74, 6) is 0.832. The summed E-state index contributed by atoms with van der Waals surface area (Å²) < 4.78 is 1.93. The van der Waals surface area contributed by atoms with E-state index in [9.17, 15) is 4.79 Å². The van der Waals surface area contributed by atoms with Crippen LogP contribution < -0.4 is 5.32 Å². The molecule has 31 heavy (non-hydrogen) atoms. The predicted molar refractivity (Wildman–Crippen MR) is 117 cm³/mol. The number of anilines is 1. The standard InChI is InChI=1S/C22H20N8O/c1-13(2)30-12-25-29-21(30)18-4-3-5-20(27-18)28-22(31)19-9-15-8-14(6-7-17(15)26-19)16-10-23-24-11-16/h3-13,26H,1-2H3,(H,23,24)(H,27,28,31). The fourth-order valence-corrected chi connectivity index (χ4v) is 3.46. The van der Waals surface area contributed by atoms with Gasteiger partial charge in [0.15, 0.2) is 5.82 Å². The highest BCUT2D eigenvalue weighted by atomic mass is 16.1. The molecule has 0 atom stereocenters. The van der Waals surface area contributed by atoms with Crippen LogP contribution >= 0.6 is 0 Å². The lowest BCUT2D eigenvalue weighted by molar-refractivity contribution is 0.102. The average Bonchev–Trinajstić information content (AvgIpc) is 3.53. The summed E-state index contributed by atoms with van der Waals surface area (Å²) in [5.41, 5.74) is 3.99. The van der Waals surface area contributed by atoms with Crippen LogP contribution in [0.4, 0.5) is 5.82 Å². The van der Waals surface area contributed by atoms with E-state index < -0.39 is 0 Å². The molecule has 3 N–H and O–H groups in total. The molecule has 9 heteroatoms. The van der Waals surface area contributed by atoms with Gasteiger partial charge in [-0.2, -0.15) is 5.10 Å². The minimum absolute atomic E-state index is 0.198. The lowest BCUT2D eigenvalue weighted by atomic mass is 10.1. The molecule has 4 heterocycles. The van der Waals surface area contributed by atoms with Crippen LogP contribution in [0, 0.1) is 0 Å². The fourth-order valence-electron chi connectivity index (χ4n) is 3.46. The molecule has 5 aromatic rings. The number of amides is 1. The molecule has 0 saturated heterocycles. The van der Waals surface area contributed by atoms with E-state index in [2.05, 4.69) is 35.7 Å². The van der Waals surface area contributed by atoms with Crippen molar-refractivity contribution in [3.8, 4) is 22.6 Å². The van der Waals surface area contributed by atoms with Crippen LogP contribution in [-0.2, 0) is 0 Å². The minimum atomic E-state index is -0.268. The number of aromatic nitrogens is 7. The van der Waals surface area contributed by atoms with Gasteiger partial charge in [0, 0.05) is 28.7 Å². The van der Waals surface area contributed by atoms with Crippen LogP contribution in [0.3, 0.4) is 0 Å². The van der Waals surface area contributed by atoms with E-state index in [4.69, 9.17) is 0 Å². The second-order valence-electron chi connectivity index (χ2n) is 7.49. The number of fused-ring (bicyclic) bond motifs is 1. The van der Waals surface area contributed by atoms with Crippen molar-refractivity contribution in [2.75, 3.05) is 5.32 Å². The van der Waals surface area contributed by atoms with E-state index in [1.807, 2.05) is 61.0 Å². The smallest absolute Gasteiger partial charge is 0.273 e. The van der Waals surface area contributed by atoms with Gasteiger partial charge in [-0.3, -0.25) is 9.89 Å². The van der Waals surface area contributed by atoms with E-state index in [1.165, 1.54) is 0 Å². The Kier molecular flexibility index (Phi) is 4.55. The molecule has 1 amide bonds. The summed E-state index contributed by atoms with van der Waals surface area (Å²) in [6.07, 6.45) is 5.27. The Hall–Kier alpha value is -4.27. The third kappa shape index (κ3) is 3.57. The highest BCUT2D eigenvalue weighted by Crippen LogP contribution is 2.25. The Morgan fingerprint density at radius 1 is 1.13 bits per heavy atom. The van der Waals surface area contributed by atoms with Gasteiger partial charge in [-0.05, 0) is 49.7 Å². The monoisotopic (exact) mass is 412 g/mol. The molecular weight excluding hydrogens is 392 g/mol. The van der Waals surface area contributed by atoms with Crippen molar-refractivity contribution < 1.29 is 4.79 Å². The van der Waals surface area contributed by atoms with Crippen LogP contribution in [0.5, 0.6) is 0 Å². The van der Waals surface area contributed by atoms with Crippen molar-refractivity contribution in [3.05, 3.63) is 66.9 Å². The third-order valence-corrected chi connectivity index (χ3v) is 5.05. The Morgan fingerprint density at radius 2 is 2.03 bits per heavy atom. The van der Waals surface area contributed by atoms with Gasteiger partial charge in [-0.1, -0.05) is 12.1 Å². The molecule has 0 aliphatic rings. The van der Waals surface area contributed by atoms with Gasteiger partial charge >= 0.3 is 0 Å². The van der Waals surface area contributed by atoms with Gasteiger partial charge in [0.25, 0.3) is 5.91 Å². The first-order chi connectivity index (χ1) is 15.1. The first-order valence-corrected chi connectivity index (χ1v) is 9.89. The van der Waals surface area contributed by atoms with Crippen molar-refractivity contribution in [3.63, 3.8) is 0 Å². The summed E-state index contributed by atoms with van der Waals surface area (Å²) in [6, 6.07) is 13.4. The Bertz CT molecular complexity index is 1360. The zero-order valence-corrected chi connectivity index (χ0v) is 17.0. The normalized spacial score (nSPS) is 11.3. The van der Waals surface area contributed by atoms with Crippen molar-refractivity contribution in [2.24, 2.45) is 0 Å². The van der Waals surface area contributed by atoms with Crippen molar-refractivity contribution in [1.82, 2.24) is 34.9 Å². The first-order valence-electron chi connectivity index (χ1n) is 9.89. The van der Waals surface area contributed by atoms with Crippen LogP contribution in [0.1, 0.15) is 30.4 Å². The van der Waals surface area contributed by atoms with Gasteiger partial charge in [-0.15, -0.1) is 10.2 Å². The summed E-state index contributed by atoms with van der Waals surface area (Å²) in [6.45, 7) is 4.10. The zero-order valence-electron chi connectivity index (χ0n) is 17.0. The number of nitrogens with one attached hydrogen (secondary N) is 3. The van der Waals surface area contributed by atoms with E-state index in [1.54, 1.807) is 18.6 Å². The molecule has 0 spiro atoms. The molecule has 0 aliphatic heterocycles. The molecular formula is C22H20N8O. The predicted octanol–water partition coefficient (Wildman–Crippen LogP) is 4.04. The van der Waals surface area contributed by atoms with Crippen molar-refractivity contribution in [2.45, 2.75) is 19.9 Å². The number of carbonyl (C=O) groups is 1. The molecule has 0 bridgehead atoms. The van der Waals surface area contributed by atoms with E-state index >= 15 is 0 Å². The summed E-state index contributed by atoms with van der Waals surface area (Å²) >= 11 is 0. The van der Waals surface area contributed by atoms with Crippen molar-refractivity contribution >= 4 is 22.6 Å². The van der Waals surface area contributed by atoms with E-state index in [-0.39, 0.29) is 11.9 Å². The summed E-state index contributed by atoms with van der Waals surface area (Å²) in [4.78, 5) is 20.6. The lowest BCUT2D eigenvalue weighted by Crippen LogP contribution is -2.13. The molecule has 0 fully saturated rings. The molecule has 4 aromatic heterocycles. The summed E-state index contributed by atoms with van der Waals surface area (Å²) in [7, 11) is 0. The molecule has 1 aromatic carbocycles. The van der Waals surface area contributed by atoms with E-state index in [0.717, 1.165) is 22.0 Å². The first kappa shape index (κ1) is 18.7. The number of H-pyrrole nitrogens is 2. The lowest BCUT2D eigenvalue weighted by Gasteiger charge is -2.10. The number of aromatic amines is 2. The zero-order chi connectivity index (χ0) is 21.4. The number of carbonyl (C=O) groups excluding carboxylic acids is 1. The third-order valence-electron chi connectivity index (χ3n) is 5.05. The maximum atomic E-state index is 12.8. The van der Waals surface area contributed by atoms with E-state index in [0.29, 0.717) is 23.0 Å². The Morgan fingerprint density at radius 3 is 2.84 bits per heavy atom. The minimum Gasteiger partial charge on any atom is -0.351 e. The largest absolute Gasteiger partial charge is 0.351 e. The molecule has 0 saturated carbocycles. The Labute approximate surface area is 177 Å². The average molecular weight is 412 g/mol. The molecule has 5 rings (SSSR count). The second-order valence-corrected chi connectivity index (χ2v) is 7.49. The number of pyridine rings is 1. The number of hydrogen-bond donors (Lipinski definition) is 3. The van der Waals surface area contributed by atoms with Crippen LogP contribution in [0.25, 0.3) is 33.5 Å². The fraction of sp³-hybridized carbons (Fsp3) is 0.136. The topological polar surface area (TPSA) is 117 Å². The van der Waals surface area contributed by atoms with Crippen LogP contribution in [-0.4, -0.2) is 40.8 Å². The highest BCUT2D eigenvalue weighted by Gasteiger charge is 2.14. The molecule has 0 unspecified atom stereocenters. The van der Waals surface area contributed by atoms with Gasteiger partial charge in [0.2, 0.25) is 0 Å². The van der Waals surface area contributed by atoms with Gasteiger partial charge in [0.05, 0.1) is 6.20 Å². The number of rotatable bonds is 5. The van der Waals surface area contributed by atoms with Gasteiger partial charge < -0.3 is 14.9 Å². The maximum absolute atomic E-state index is 12.8.